The molecule has 1 heterocycles. The summed E-state index contributed by atoms with van der Waals surface area (Å²) in [5.41, 5.74) is 4.84. The molecule has 1 aliphatic heterocycles. The van der Waals surface area contributed by atoms with Gasteiger partial charge in [-0.25, -0.2) is 0 Å². The molecule has 1 aliphatic rings. The second kappa shape index (κ2) is 8.19. The molecule has 3 aromatic carbocycles. The van der Waals surface area contributed by atoms with Crippen LogP contribution in [0.2, 0.25) is 0 Å². The van der Waals surface area contributed by atoms with E-state index in [0.717, 1.165) is 16.7 Å². The molecule has 0 N–H and O–H groups in total. The fourth-order valence-electron chi connectivity index (χ4n) is 3.32. The van der Waals surface area contributed by atoms with E-state index in [9.17, 15) is 4.79 Å². The lowest BCUT2D eigenvalue weighted by atomic mass is 10.0. The van der Waals surface area contributed by atoms with Crippen molar-refractivity contribution in [3.05, 3.63) is 112 Å². The Labute approximate surface area is 170 Å². The summed E-state index contributed by atoms with van der Waals surface area (Å²) in [6, 6.07) is 21.7. The molecule has 0 aliphatic carbocycles. The van der Waals surface area contributed by atoms with Gasteiger partial charge in [0, 0.05) is 6.07 Å². The number of allylic oxidation sites excluding steroid dienone is 3. The van der Waals surface area contributed by atoms with E-state index in [2.05, 4.69) is 19.1 Å². The second-order valence-corrected chi connectivity index (χ2v) is 7.06. The maximum Gasteiger partial charge on any atom is 0.232 e. The first kappa shape index (κ1) is 18.8. The van der Waals surface area contributed by atoms with E-state index in [-0.39, 0.29) is 5.78 Å². The largest absolute Gasteiger partial charge is 0.489 e. The number of ketones is 1. The molecule has 0 fully saturated rings. The van der Waals surface area contributed by atoms with Crippen molar-refractivity contribution in [3.63, 3.8) is 0 Å². The van der Waals surface area contributed by atoms with Crippen LogP contribution in [0.15, 0.2) is 84.6 Å². The van der Waals surface area contributed by atoms with E-state index in [1.165, 1.54) is 5.56 Å². The maximum atomic E-state index is 12.7. The summed E-state index contributed by atoms with van der Waals surface area (Å²) < 4.78 is 11.8. The lowest BCUT2D eigenvalue weighted by molar-refractivity contribution is 0.101. The van der Waals surface area contributed by atoms with E-state index in [4.69, 9.17) is 9.47 Å². The highest BCUT2D eigenvalue weighted by Gasteiger charge is 2.29. The summed E-state index contributed by atoms with van der Waals surface area (Å²) >= 11 is 0. The quantitative estimate of drug-likeness (QED) is 0.504. The maximum absolute atomic E-state index is 12.7. The molecule has 0 atom stereocenters. The van der Waals surface area contributed by atoms with Gasteiger partial charge in [-0.3, -0.25) is 4.79 Å². The highest BCUT2D eigenvalue weighted by Crippen LogP contribution is 2.37. The third kappa shape index (κ3) is 4.14. The summed E-state index contributed by atoms with van der Waals surface area (Å²) in [7, 11) is 0. The molecule has 0 amide bonds. The van der Waals surface area contributed by atoms with Crippen molar-refractivity contribution in [1.82, 2.24) is 0 Å². The minimum Gasteiger partial charge on any atom is -0.489 e. The smallest absolute Gasteiger partial charge is 0.232 e. The summed E-state index contributed by atoms with van der Waals surface area (Å²) in [6.07, 6.45) is 5.48. The van der Waals surface area contributed by atoms with Crippen molar-refractivity contribution in [2.24, 2.45) is 0 Å². The molecule has 0 spiro atoms. The van der Waals surface area contributed by atoms with Gasteiger partial charge in [0.25, 0.3) is 0 Å². The Bertz CT molecular complexity index is 1110. The van der Waals surface area contributed by atoms with Crippen molar-refractivity contribution in [3.8, 4) is 11.5 Å². The minimum absolute atomic E-state index is 0.0966. The van der Waals surface area contributed by atoms with Crippen LogP contribution >= 0.6 is 0 Å². The number of rotatable bonds is 5. The third-order valence-corrected chi connectivity index (χ3v) is 4.94. The zero-order valence-corrected chi connectivity index (χ0v) is 16.5. The number of benzene rings is 3. The highest BCUT2D eigenvalue weighted by atomic mass is 16.5. The van der Waals surface area contributed by atoms with Gasteiger partial charge in [0.1, 0.15) is 18.1 Å². The number of aryl methyl sites for hydroxylation is 2. The van der Waals surface area contributed by atoms with E-state index < -0.39 is 0 Å². The standard InChI is InChI=1S/C26H22O3/c1-18-9-6-7-13-21(18)17-28-22-15-19(2)25-24(16-22)29-23(26(25)27)14-8-12-20-10-4-3-5-11-20/h3-16H,17H2,1-2H3/b12-8+,23-14-. The van der Waals surface area contributed by atoms with E-state index in [1.807, 2.05) is 67.6 Å². The molecular formula is C26H22O3. The van der Waals surface area contributed by atoms with Gasteiger partial charge < -0.3 is 9.47 Å². The Morgan fingerprint density at radius 1 is 0.931 bits per heavy atom. The van der Waals surface area contributed by atoms with E-state index >= 15 is 0 Å². The molecule has 4 rings (SSSR count). The Morgan fingerprint density at radius 3 is 2.48 bits per heavy atom. The molecule has 0 radical (unpaired) electrons. The Morgan fingerprint density at radius 2 is 1.69 bits per heavy atom. The van der Waals surface area contributed by atoms with Crippen molar-refractivity contribution in [1.29, 1.82) is 0 Å². The molecular weight excluding hydrogens is 360 g/mol. The Kier molecular flexibility index (Phi) is 5.30. The topological polar surface area (TPSA) is 35.5 Å². The monoisotopic (exact) mass is 382 g/mol. The van der Waals surface area contributed by atoms with Crippen molar-refractivity contribution in [2.75, 3.05) is 0 Å². The van der Waals surface area contributed by atoms with Crippen LogP contribution < -0.4 is 9.47 Å². The van der Waals surface area contributed by atoms with Gasteiger partial charge in [-0.1, -0.05) is 66.7 Å². The average Bonchev–Trinajstić information content (AvgIpc) is 3.04. The lowest BCUT2D eigenvalue weighted by Gasteiger charge is -2.10. The lowest BCUT2D eigenvalue weighted by Crippen LogP contribution is -2.00. The summed E-state index contributed by atoms with van der Waals surface area (Å²) in [5, 5.41) is 0. The molecule has 0 saturated heterocycles. The molecule has 3 nitrogen and oxygen atoms in total. The predicted molar refractivity (Wildman–Crippen MR) is 115 cm³/mol. The zero-order chi connectivity index (χ0) is 20.2. The van der Waals surface area contributed by atoms with Crippen molar-refractivity contribution >= 4 is 11.9 Å². The normalized spacial score (nSPS) is 14.3. The van der Waals surface area contributed by atoms with Crippen LogP contribution in [0.5, 0.6) is 11.5 Å². The number of ether oxygens (including phenoxy) is 2. The fraction of sp³-hybridized carbons (Fsp3) is 0.115. The number of fused-ring (bicyclic) bond motifs is 1. The first-order chi connectivity index (χ1) is 14.1. The molecule has 0 aromatic heterocycles. The van der Waals surface area contributed by atoms with Crippen LogP contribution in [-0.2, 0) is 6.61 Å². The number of carbonyl (C=O) groups excluding carboxylic acids is 1. The SMILES string of the molecule is Cc1ccccc1COc1cc(C)c2c(c1)O/C(=C\C=C\c1ccccc1)C2=O. The van der Waals surface area contributed by atoms with Crippen LogP contribution in [-0.4, -0.2) is 5.78 Å². The summed E-state index contributed by atoms with van der Waals surface area (Å²) in [5.74, 6) is 1.47. The van der Waals surface area contributed by atoms with Crippen LogP contribution in [0.3, 0.4) is 0 Å². The van der Waals surface area contributed by atoms with Gasteiger partial charge in [0.2, 0.25) is 5.78 Å². The molecule has 0 saturated carbocycles. The number of Topliss-reactive ketones (excluding diaryl/α,β-unsaturated/α-hetero) is 1. The van der Waals surface area contributed by atoms with Gasteiger partial charge >= 0.3 is 0 Å². The van der Waals surface area contributed by atoms with Gasteiger partial charge in [-0.15, -0.1) is 0 Å². The van der Waals surface area contributed by atoms with Crippen LogP contribution in [0, 0.1) is 13.8 Å². The van der Waals surface area contributed by atoms with Gasteiger partial charge in [0.15, 0.2) is 5.76 Å². The first-order valence-electron chi connectivity index (χ1n) is 9.60. The number of hydrogen-bond donors (Lipinski definition) is 0. The van der Waals surface area contributed by atoms with E-state index in [0.29, 0.717) is 29.4 Å². The van der Waals surface area contributed by atoms with Crippen molar-refractivity contribution in [2.45, 2.75) is 20.5 Å². The average molecular weight is 382 g/mol. The molecule has 0 unspecified atom stereocenters. The number of hydrogen-bond acceptors (Lipinski definition) is 3. The van der Waals surface area contributed by atoms with Gasteiger partial charge in [-0.2, -0.15) is 0 Å². The molecule has 29 heavy (non-hydrogen) atoms. The summed E-state index contributed by atoms with van der Waals surface area (Å²) in [6.45, 7) is 4.44. The summed E-state index contributed by atoms with van der Waals surface area (Å²) in [4.78, 5) is 12.7. The Hall–Kier alpha value is -3.59. The zero-order valence-electron chi connectivity index (χ0n) is 16.5. The fourth-order valence-corrected chi connectivity index (χ4v) is 3.32. The predicted octanol–water partition coefficient (Wildman–Crippen LogP) is 6.05. The van der Waals surface area contributed by atoms with Crippen molar-refractivity contribution < 1.29 is 14.3 Å². The van der Waals surface area contributed by atoms with E-state index in [1.54, 1.807) is 12.1 Å². The molecule has 3 aromatic rings. The minimum atomic E-state index is -0.0966. The highest BCUT2D eigenvalue weighted by molar-refractivity contribution is 6.13. The van der Waals surface area contributed by atoms with Gasteiger partial charge in [-0.05, 0) is 48.2 Å². The number of carbonyl (C=O) groups is 1. The molecule has 3 heteroatoms. The van der Waals surface area contributed by atoms with Crippen LogP contribution in [0.1, 0.15) is 32.6 Å². The first-order valence-corrected chi connectivity index (χ1v) is 9.60. The molecule has 144 valence electrons. The third-order valence-electron chi connectivity index (χ3n) is 4.94. The van der Waals surface area contributed by atoms with Crippen LogP contribution in [0.25, 0.3) is 6.08 Å². The molecule has 0 bridgehead atoms. The van der Waals surface area contributed by atoms with Gasteiger partial charge in [0.05, 0.1) is 5.56 Å². The second-order valence-electron chi connectivity index (χ2n) is 7.06. The Balaban J connectivity index is 1.51. The van der Waals surface area contributed by atoms with Crippen LogP contribution in [0.4, 0.5) is 0 Å².